The molecule has 0 aromatic carbocycles. The van der Waals surface area contributed by atoms with Gasteiger partial charge in [0.05, 0.1) is 0 Å². The highest BCUT2D eigenvalue weighted by Gasteiger charge is 2.25. The Kier molecular flexibility index (Phi) is 7.16. The molecule has 2 fully saturated rings. The van der Waals surface area contributed by atoms with Crippen LogP contribution in [0.25, 0.3) is 0 Å². The van der Waals surface area contributed by atoms with Crippen LogP contribution in [0.3, 0.4) is 0 Å². The van der Waals surface area contributed by atoms with Crippen molar-refractivity contribution in [1.29, 1.82) is 0 Å². The summed E-state index contributed by atoms with van der Waals surface area (Å²) >= 11 is 0. The third-order valence-electron chi connectivity index (χ3n) is 5.13. The summed E-state index contributed by atoms with van der Waals surface area (Å²) in [5, 5.41) is 5.79. The van der Waals surface area contributed by atoms with Crippen LogP contribution in [0.5, 0.6) is 0 Å². The van der Waals surface area contributed by atoms with Gasteiger partial charge in [0.1, 0.15) is 0 Å². The Morgan fingerprint density at radius 2 is 1.45 bits per heavy atom. The van der Waals surface area contributed by atoms with Gasteiger partial charge in [-0.3, -0.25) is 9.59 Å². The van der Waals surface area contributed by atoms with Gasteiger partial charge in [0, 0.05) is 32.0 Å². The molecule has 0 aromatic rings. The first-order valence-electron chi connectivity index (χ1n) is 8.94. The van der Waals surface area contributed by atoms with E-state index in [9.17, 15) is 9.59 Å². The molecular formula is C17H31N3O2. The minimum atomic E-state index is 0.0591. The van der Waals surface area contributed by atoms with Gasteiger partial charge in [0.2, 0.25) is 11.8 Å². The van der Waals surface area contributed by atoms with Gasteiger partial charge in [-0.25, -0.2) is 0 Å². The maximum absolute atomic E-state index is 11.8. The predicted octanol–water partition coefficient (Wildman–Crippen LogP) is 1.71. The Labute approximate surface area is 133 Å². The van der Waals surface area contributed by atoms with E-state index >= 15 is 0 Å². The molecule has 0 aliphatic heterocycles. The van der Waals surface area contributed by atoms with Gasteiger partial charge < -0.3 is 16.4 Å². The highest BCUT2D eigenvalue weighted by atomic mass is 16.2. The topological polar surface area (TPSA) is 84.2 Å². The smallest absolute Gasteiger partial charge is 0.220 e. The van der Waals surface area contributed by atoms with E-state index < -0.39 is 0 Å². The zero-order chi connectivity index (χ0) is 15.8. The normalized spacial score (nSPS) is 25.9. The molecule has 5 nitrogen and oxygen atoms in total. The number of hydrogen-bond acceptors (Lipinski definition) is 3. The molecule has 2 amide bonds. The lowest BCUT2D eigenvalue weighted by Gasteiger charge is -2.20. The van der Waals surface area contributed by atoms with E-state index in [1.54, 1.807) is 0 Å². The molecule has 126 valence electrons. The van der Waals surface area contributed by atoms with E-state index in [1.165, 1.54) is 32.1 Å². The van der Waals surface area contributed by atoms with Gasteiger partial charge in [-0.1, -0.05) is 25.7 Å². The molecule has 22 heavy (non-hydrogen) atoms. The molecule has 2 aliphatic rings. The third kappa shape index (κ3) is 5.95. The van der Waals surface area contributed by atoms with Crippen molar-refractivity contribution in [3.8, 4) is 0 Å². The monoisotopic (exact) mass is 309 g/mol. The van der Waals surface area contributed by atoms with Crippen molar-refractivity contribution in [2.24, 2.45) is 17.6 Å². The molecule has 0 aromatic heterocycles. The second-order valence-corrected chi connectivity index (χ2v) is 6.97. The molecule has 5 heteroatoms. The predicted molar refractivity (Wildman–Crippen MR) is 87.1 cm³/mol. The summed E-state index contributed by atoms with van der Waals surface area (Å²) in [5.41, 5.74) is 5.97. The van der Waals surface area contributed by atoms with Gasteiger partial charge in [0.25, 0.3) is 0 Å². The number of amides is 2. The van der Waals surface area contributed by atoms with Crippen molar-refractivity contribution in [1.82, 2.24) is 10.6 Å². The molecule has 0 saturated heterocycles. The van der Waals surface area contributed by atoms with Crippen molar-refractivity contribution >= 4 is 11.8 Å². The molecule has 0 unspecified atom stereocenters. The zero-order valence-corrected chi connectivity index (χ0v) is 13.6. The lowest BCUT2D eigenvalue weighted by atomic mass is 9.87. The first-order valence-corrected chi connectivity index (χ1v) is 8.94. The van der Waals surface area contributed by atoms with Crippen LogP contribution in [0.2, 0.25) is 0 Å². The van der Waals surface area contributed by atoms with Gasteiger partial charge in [-0.05, 0) is 37.5 Å². The Hall–Kier alpha value is -1.10. The fourth-order valence-corrected chi connectivity index (χ4v) is 3.76. The van der Waals surface area contributed by atoms with Crippen molar-refractivity contribution in [3.63, 3.8) is 0 Å². The maximum Gasteiger partial charge on any atom is 0.220 e. The lowest BCUT2D eigenvalue weighted by molar-refractivity contribution is -0.124. The number of rotatable bonds is 7. The lowest BCUT2D eigenvalue weighted by Crippen LogP contribution is -2.37. The van der Waals surface area contributed by atoms with Crippen LogP contribution in [0.4, 0.5) is 0 Å². The summed E-state index contributed by atoms with van der Waals surface area (Å²) in [6.07, 6.45) is 10.6. The standard InChI is InChI=1S/C17H31N3O2/c18-15-8-4-7-14(15)12-17(22)20-10-9-19-16(21)11-13-5-2-1-3-6-13/h13-15H,1-12,18H2,(H,19,21)(H,20,22)/t14-,15+/m0/s1. The molecular weight excluding hydrogens is 278 g/mol. The first kappa shape index (κ1) is 17.3. The average molecular weight is 309 g/mol. The number of nitrogens with two attached hydrogens (primary N) is 1. The SMILES string of the molecule is N[C@@H]1CCC[C@H]1CC(=O)NCCNC(=O)CC1CCCCC1. The number of hydrogen-bond donors (Lipinski definition) is 3. The quantitative estimate of drug-likeness (QED) is 0.626. The van der Waals surface area contributed by atoms with Crippen molar-refractivity contribution < 1.29 is 9.59 Å². The van der Waals surface area contributed by atoms with E-state index in [0.717, 1.165) is 19.3 Å². The Morgan fingerprint density at radius 3 is 2.05 bits per heavy atom. The Bertz CT molecular complexity index is 367. The molecule has 2 rings (SSSR count). The highest BCUT2D eigenvalue weighted by Crippen LogP contribution is 2.27. The van der Waals surface area contributed by atoms with Crippen LogP contribution < -0.4 is 16.4 Å². The minimum absolute atomic E-state index is 0.0591. The van der Waals surface area contributed by atoms with Crippen molar-refractivity contribution in [2.45, 2.75) is 70.3 Å². The molecule has 2 saturated carbocycles. The number of carbonyl (C=O) groups excluding carboxylic acids is 2. The van der Waals surface area contributed by atoms with Crippen LogP contribution in [-0.2, 0) is 9.59 Å². The van der Waals surface area contributed by atoms with Crippen molar-refractivity contribution in [3.05, 3.63) is 0 Å². The van der Waals surface area contributed by atoms with Gasteiger partial charge in [-0.15, -0.1) is 0 Å². The minimum Gasteiger partial charge on any atom is -0.354 e. The molecule has 0 spiro atoms. The Morgan fingerprint density at radius 1 is 0.818 bits per heavy atom. The molecule has 0 heterocycles. The van der Waals surface area contributed by atoms with E-state index in [4.69, 9.17) is 5.73 Å². The van der Waals surface area contributed by atoms with Crippen LogP contribution in [0.1, 0.15) is 64.2 Å². The maximum atomic E-state index is 11.8. The second kappa shape index (κ2) is 9.13. The summed E-state index contributed by atoms with van der Waals surface area (Å²) < 4.78 is 0. The molecule has 4 N–H and O–H groups in total. The molecule has 2 atom stereocenters. The summed E-state index contributed by atoms with van der Waals surface area (Å²) in [6, 6.07) is 0.181. The van der Waals surface area contributed by atoms with Gasteiger partial charge in [0.15, 0.2) is 0 Å². The molecule has 2 aliphatic carbocycles. The summed E-state index contributed by atoms with van der Waals surface area (Å²) in [7, 11) is 0. The van der Waals surface area contributed by atoms with Crippen LogP contribution in [-0.4, -0.2) is 30.9 Å². The van der Waals surface area contributed by atoms with E-state index in [2.05, 4.69) is 10.6 Å². The molecule has 0 radical (unpaired) electrons. The van der Waals surface area contributed by atoms with Crippen LogP contribution in [0, 0.1) is 11.8 Å². The summed E-state index contributed by atoms with van der Waals surface area (Å²) in [4.78, 5) is 23.7. The molecule has 0 bridgehead atoms. The van der Waals surface area contributed by atoms with E-state index in [0.29, 0.717) is 37.8 Å². The van der Waals surface area contributed by atoms with E-state index in [1.807, 2.05) is 0 Å². The third-order valence-corrected chi connectivity index (χ3v) is 5.13. The zero-order valence-electron chi connectivity index (χ0n) is 13.6. The van der Waals surface area contributed by atoms with Gasteiger partial charge in [-0.2, -0.15) is 0 Å². The fourth-order valence-electron chi connectivity index (χ4n) is 3.76. The largest absolute Gasteiger partial charge is 0.354 e. The average Bonchev–Trinajstić information content (AvgIpc) is 2.90. The van der Waals surface area contributed by atoms with E-state index in [-0.39, 0.29) is 17.9 Å². The van der Waals surface area contributed by atoms with Crippen LogP contribution in [0.15, 0.2) is 0 Å². The van der Waals surface area contributed by atoms with Crippen LogP contribution >= 0.6 is 0 Å². The van der Waals surface area contributed by atoms with Gasteiger partial charge >= 0.3 is 0 Å². The fraction of sp³-hybridized carbons (Fsp3) is 0.882. The summed E-state index contributed by atoms with van der Waals surface area (Å²) in [5.74, 6) is 1.08. The van der Waals surface area contributed by atoms with Crippen molar-refractivity contribution in [2.75, 3.05) is 13.1 Å². The second-order valence-electron chi connectivity index (χ2n) is 6.97. The highest BCUT2D eigenvalue weighted by molar-refractivity contribution is 5.77. The summed E-state index contributed by atoms with van der Waals surface area (Å²) in [6.45, 7) is 1.03. The first-order chi connectivity index (χ1) is 10.6. The number of nitrogens with one attached hydrogen (secondary N) is 2. The Balaban J connectivity index is 1.50. The number of carbonyl (C=O) groups is 2.